The molecule has 2 rings (SSSR count). The highest BCUT2D eigenvalue weighted by Crippen LogP contribution is 2.23. The summed E-state index contributed by atoms with van der Waals surface area (Å²) in [4.78, 5) is 11.5. The maximum Gasteiger partial charge on any atom is 0.338 e. The van der Waals surface area contributed by atoms with E-state index in [1.54, 1.807) is 6.07 Å². The Morgan fingerprint density at radius 1 is 1.53 bits per heavy atom. The summed E-state index contributed by atoms with van der Waals surface area (Å²) in [7, 11) is 1.38. The number of benzene rings is 1. The number of carbonyl (C=O) groups excluding carboxylic acids is 1. The number of ether oxygens (including phenoxy) is 2. The predicted octanol–water partition coefficient (Wildman–Crippen LogP) is 1.42. The number of carbonyl (C=O) groups is 1. The molecule has 1 aromatic rings. The van der Waals surface area contributed by atoms with E-state index in [1.165, 1.54) is 7.11 Å². The molecule has 0 radical (unpaired) electrons. The van der Waals surface area contributed by atoms with Crippen molar-refractivity contribution in [2.24, 2.45) is 0 Å². The molecule has 1 N–H and O–H groups in total. The molecule has 0 aromatic heterocycles. The lowest BCUT2D eigenvalue weighted by Crippen LogP contribution is -2.08. The summed E-state index contributed by atoms with van der Waals surface area (Å²) in [5, 5.41) is 3.21. The molecule has 0 saturated carbocycles. The Kier molecular flexibility index (Phi) is 2.87. The Hall–Kier alpha value is -1.55. The van der Waals surface area contributed by atoms with E-state index in [4.69, 9.17) is 9.47 Å². The van der Waals surface area contributed by atoms with Crippen LogP contribution in [0.3, 0.4) is 0 Å². The van der Waals surface area contributed by atoms with Crippen LogP contribution in [0.4, 0.5) is 5.69 Å². The van der Waals surface area contributed by atoms with Crippen molar-refractivity contribution in [1.82, 2.24) is 0 Å². The number of hydrogen-bond donors (Lipinski definition) is 1. The van der Waals surface area contributed by atoms with E-state index in [1.807, 2.05) is 12.1 Å². The second-order valence-corrected chi connectivity index (χ2v) is 3.30. The zero-order valence-electron chi connectivity index (χ0n) is 8.58. The number of methoxy groups -OCH3 is 1. The SMILES string of the molecule is COC(=O)c1cccc2c1COCCN2. The van der Waals surface area contributed by atoms with Crippen LogP contribution in [-0.2, 0) is 16.1 Å². The standard InChI is InChI=1S/C11H13NO3/c1-14-11(13)8-3-2-4-10-9(8)7-15-6-5-12-10/h2-4,12H,5-7H2,1H3. The summed E-state index contributed by atoms with van der Waals surface area (Å²) in [6, 6.07) is 5.53. The van der Waals surface area contributed by atoms with Crippen molar-refractivity contribution >= 4 is 11.7 Å². The lowest BCUT2D eigenvalue weighted by molar-refractivity contribution is 0.0594. The number of hydrogen-bond acceptors (Lipinski definition) is 4. The lowest BCUT2D eigenvalue weighted by atomic mass is 10.1. The van der Waals surface area contributed by atoms with E-state index in [0.717, 1.165) is 17.8 Å². The highest BCUT2D eigenvalue weighted by Gasteiger charge is 2.16. The van der Waals surface area contributed by atoms with Crippen LogP contribution >= 0.6 is 0 Å². The number of nitrogens with one attached hydrogen (secondary N) is 1. The van der Waals surface area contributed by atoms with Gasteiger partial charge in [-0.05, 0) is 12.1 Å². The Morgan fingerprint density at radius 3 is 3.20 bits per heavy atom. The van der Waals surface area contributed by atoms with Gasteiger partial charge >= 0.3 is 5.97 Å². The van der Waals surface area contributed by atoms with Gasteiger partial charge in [0, 0.05) is 17.8 Å². The van der Waals surface area contributed by atoms with Gasteiger partial charge in [0.1, 0.15) is 0 Å². The van der Waals surface area contributed by atoms with Crippen molar-refractivity contribution in [3.63, 3.8) is 0 Å². The van der Waals surface area contributed by atoms with E-state index in [0.29, 0.717) is 18.8 Å². The molecule has 1 heterocycles. The molecule has 1 aliphatic heterocycles. The van der Waals surface area contributed by atoms with Crippen molar-refractivity contribution < 1.29 is 14.3 Å². The first kappa shape index (κ1) is 9.98. The van der Waals surface area contributed by atoms with E-state index >= 15 is 0 Å². The first-order valence-electron chi connectivity index (χ1n) is 4.84. The van der Waals surface area contributed by atoms with Gasteiger partial charge < -0.3 is 14.8 Å². The van der Waals surface area contributed by atoms with Crippen molar-refractivity contribution in [3.8, 4) is 0 Å². The fourth-order valence-corrected chi connectivity index (χ4v) is 1.64. The van der Waals surface area contributed by atoms with Crippen LogP contribution in [0.5, 0.6) is 0 Å². The first-order valence-corrected chi connectivity index (χ1v) is 4.84. The summed E-state index contributed by atoms with van der Waals surface area (Å²) in [5.74, 6) is -0.320. The van der Waals surface area contributed by atoms with Gasteiger partial charge in [-0.2, -0.15) is 0 Å². The molecule has 15 heavy (non-hydrogen) atoms. The van der Waals surface area contributed by atoms with Crippen LogP contribution in [-0.4, -0.2) is 26.2 Å². The monoisotopic (exact) mass is 207 g/mol. The maximum absolute atomic E-state index is 11.5. The second kappa shape index (κ2) is 4.31. The van der Waals surface area contributed by atoms with Crippen LogP contribution in [0.1, 0.15) is 15.9 Å². The molecule has 4 nitrogen and oxygen atoms in total. The number of fused-ring (bicyclic) bond motifs is 1. The summed E-state index contributed by atoms with van der Waals surface area (Å²) in [5.41, 5.74) is 2.40. The van der Waals surface area contributed by atoms with Gasteiger partial charge in [-0.3, -0.25) is 0 Å². The number of esters is 1. The largest absolute Gasteiger partial charge is 0.465 e. The summed E-state index contributed by atoms with van der Waals surface area (Å²) < 4.78 is 10.1. The summed E-state index contributed by atoms with van der Waals surface area (Å²) >= 11 is 0. The second-order valence-electron chi connectivity index (χ2n) is 3.30. The zero-order chi connectivity index (χ0) is 10.7. The van der Waals surface area contributed by atoms with E-state index < -0.39 is 0 Å². The molecule has 0 spiro atoms. The lowest BCUT2D eigenvalue weighted by Gasteiger charge is -2.10. The molecule has 80 valence electrons. The predicted molar refractivity (Wildman–Crippen MR) is 55.9 cm³/mol. The smallest absolute Gasteiger partial charge is 0.338 e. The molecule has 0 saturated heterocycles. The van der Waals surface area contributed by atoms with Crippen molar-refractivity contribution in [1.29, 1.82) is 0 Å². The molecule has 0 bridgehead atoms. The van der Waals surface area contributed by atoms with Gasteiger partial charge in [0.25, 0.3) is 0 Å². The number of anilines is 1. The number of rotatable bonds is 1. The van der Waals surface area contributed by atoms with Crippen molar-refractivity contribution in [3.05, 3.63) is 29.3 Å². The maximum atomic E-state index is 11.5. The third-order valence-electron chi connectivity index (χ3n) is 2.39. The molecule has 0 amide bonds. The highest BCUT2D eigenvalue weighted by molar-refractivity contribution is 5.92. The average molecular weight is 207 g/mol. The quantitative estimate of drug-likeness (QED) is 0.707. The molecule has 0 atom stereocenters. The van der Waals surface area contributed by atoms with Crippen LogP contribution in [0.25, 0.3) is 0 Å². The minimum absolute atomic E-state index is 0.320. The van der Waals surface area contributed by atoms with Gasteiger partial charge in [-0.1, -0.05) is 6.07 Å². The normalized spacial score (nSPS) is 14.7. The fraction of sp³-hybridized carbons (Fsp3) is 0.364. The Balaban J connectivity index is 2.43. The van der Waals surface area contributed by atoms with Crippen molar-refractivity contribution in [2.75, 3.05) is 25.6 Å². The van der Waals surface area contributed by atoms with E-state index in [-0.39, 0.29) is 5.97 Å². The molecule has 0 aliphatic carbocycles. The molecular formula is C11H13NO3. The average Bonchev–Trinajstić information content (AvgIpc) is 2.52. The molecule has 1 aliphatic rings. The Bertz CT molecular complexity index is 376. The summed E-state index contributed by atoms with van der Waals surface area (Å²) in [6.07, 6.45) is 0. The van der Waals surface area contributed by atoms with E-state index in [2.05, 4.69) is 5.32 Å². The van der Waals surface area contributed by atoms with Gasteiger partial charge in [-0.25, -0.2) is 4.79 Å². The highest BCUT2D eigenvalue weighted by atomic mass is 16.5. The Labute approximate surface area is 88.2 Å². The molecule has 4 heteroatoms. The van der Waals surface area contributed by atoms with Gasteiger partial charge in [-0.15, -0.1) is 0 Å². The Morgan fingerprint density at radius 2 is 2.40 bits per heavy atom. The fourth-order valence-electron chi connectivity index (χ4n) is 1.64. The van der Waals surface area contributed by atoms with Crippen LogP contribution in [0.2, 0.25) is 0 Å². The minimum atomic E-state index is -0.320. The first-order chi connectivity index (χ1) is 7.33. The molecule has 0 unspecified atom stereocenters. The van der Waals surface area contributed by atoms with Gasteiger partial charge in [0.2, 0.25) is 0 Å². The molecular weight excluding hydrogens is 194 g/mol. The molecule has 0 fully saturated rings. The third kappa shape index (κ3) is 1.94. The van der Waals surface area contributed by atoms with Crippen molar-refractivity contribution in [2.45, 2.75) is 6.61 Å². The summed E-state index contributed by atoms with van der Waals surface area (Å²) in [6.45, 7) is 1.86. The topological polar surface area (TPSA) is 47.6 Å². The van der Waals surface area contributed by atoms with Crippen LogP contribution < -0.4 is 5.32 Å². The minimum Gasteiger partial charge on any atom is -0.465 e. The van der Waals surface area contributed by atoms with Gasteiger partial charge in [0.05, 0.1) is 25.9 Å². The van der Waals surface area contributed by atoms with Crippen LogP contribution in [0, 0.1) is 0 Å². The van der Waals surface area contributed by atoms with E-state index in [9.17, 15) is 4.79 Å². The third-order valence-corrected chi connectivity index (χ3v) is 2.39. The van der Waals surface area contributed by atoms with Crippen LogP contribution in [0.15, 0.2) is 18.2 Å². The van der Waals surface area contributed by atoms with Gasteiger partial charge in [0.15, 0.2) is 0 Å². The zero-order valence-corrected chi connectivity index (χ0v) is 8.58. The molecule has 1 aromatic carbocycles.